The fourth-order valence-electron chi connectivity index (χ4n) is 2.28. The third-order valence-electron chi connectivity index (χ3n) is 3.32. The molecule has 0 saturated carbocycles. The molecule has 1 atom stereocenters. The van der Waals surface area contributed by atoms with Crippen molar-refractivity contribution in [2.75, 3.05) is 32.7 Å². The number of urea groups is 1. The van der Waals surface area contributed by atoms with Gasteiger partial charge in [-0.05, 0) is 25.2 Å². The summed E-state index contributed by atoms with van der Waals surface area (Å²) in [6.07, 6.45) is 4.11. The van der Waals surface area contributed by atoms with Crippen LogP contribution >= 0.6 is 0 Å². The number of carbonyl (C=O) groups excluding carboxylic acids is 1. The average molecular weight is 271 g/mol. The van der Waals surface area contributed by atoms with Crippen LogP contribution < -0.4 is 10.6 Å². The van der Waals surface area contributed by atoms with Crippen LogP contribution in [0.3, 0.4) is 0 Å². The molecule has 3 N–H and O–H groups in total. The van der Waals surface area contributed by atoms with E-state index < -0.39 is 5.97 Å². The van der Waals surface area contributed by atoms with Gasteiger partial charge in [-0.3, -0.25) is 4.79 Å². The lowest BCUT2D eigenvalue weighted by Crippen LogP contribution is -2.47. The first-order valence-electron chi connectivity index (χ1n) is 7.08. The zero-order valence-corrected chi connectivity index (χ0v) is 11.7. The van der Waals surface area contributed by atoms with Gasteiger partial charge in [-0.2, -0.15) is 0 Å². The summed E-state index contributed by atoms with van der Waals surface area (Å²) >= 11 is 0. The van der Waals surface area contributed by atoms with Crippen LogP contribution in [0.1, 0.15) is 32.6 Å². The van der Waals surface area contributed by atoms with Crippen molar-refractivity contribution in [1.82, 2.24) is 15.5 Å². The maximum absolute atomic E-state index is 11.9. The lowest BCUT2D eigenvalue weighted by Gasteiger charge is -2.32. The van der Waals surface area contributed by atoms with Crippen molar-refractivity contribution in [3.63, 3.8) is 0 Å². The summed E-state index contributed by atoms with van der Waals surface area (Å²) in [5, 5.41) is 14.4. The molecule has 1 aliphatic rings. The fourth-order valence-corrected chi connectivity index (χ4v) is 2.28. The van der Waals surface area contributed by atoms with E-state index in [1.807, 2.05) is 4.90 Å². The van der Waals surface area contributed by atoms with Crippen LogP contribution in [0.25, 0.3) is 0 Å². The Hall–Kier alpha value is -1.30. The van der Waals surface area contributed by atoms with Crippen LogP contribution in [0.5, 0.6) is 0 Å². The van der Waals surface area contributed by atoms with Crippen LogP contribution in [-0.4, -0.2) is 54.7 Å². The maximum Gasteiger partial charge on any atom is 0.317 e. The van der Waals surface area contributed by atoms with E-state index >= 15 is 0 Å². The van der Waals surface area contributed by atoms with Gasteiger partial charge >= 0.3 is 12.0 Å². The third kappa shape index (κ3) is 6.42. The Kier molecular flexibility index (Phi) is 7.25. The summed E-state index contributed by atoms with van der Waals surface area (Å²) < 4.78 is 0. The summed E-state index contributed by atoms with van der Waals surface area (Å²) in [6.45, 7) is 4.98. The summed E-state index contributed by atoms with van der Waals surface area (Å²) in [7, 11) is 0. The number of piperidine rings is 1. The number of rotatable bonds is 7. The number of unbranched alkanes of at least 4 members (excludes halogenated alkanes) is 1. The van der Waals surface area contributed by atoms with Gasteiger partial charge in [-0.25, -0.2) is 4.79 Å². The highest BCUT2D eigenvalue weighted by Crippen LogP contribution is 2.15. The monoisotopic (exact) mass is 271 g/mol. The largest absolute Gasteiger partial charge is 0.480 e. The van der Waals surface area contributed by atoms with E-state index in [2.05, 4.69) is 17.6 Å². The molecule has 110 valence electrons. The Morgan fingerprint density at radius 1 is 1.42 bits per heavy atom. The van der Waals surface area contributed by atoms with Gasteiger partial charge in [-0.1, -0.05) is 13.3 Å². The molecule has 1 saturated heterocycles. The van der Waals surface area contributed by atoms with Gasteiger partial charge in [0.25, 0.3) is 0 Å². The lowest BCUT2D eigenvalue weighted by atomic mass is 9.98. The van der Waals surface area contributed by atoms with Crippen molar-refractivity contribution in [2.45, 2.75) is 32.6 Å². The Morgan fingerprint density at radius 2 is 2.21 bits per heavy atom. The Labute approximate surface area is 114 Å². The molecule has 1 aliphatic heterocycles. The highest BCUT2D eigenvalue weighted by Gasteiger charge is 2.23. The number of carbonyl (C=O) groups is 2. The Balaban J connectivity index is 2.24. The molecule has 0 aromatic heterocycles. The number of nitrogens with one attached hydrogen (secondary N) is 2. The first kappa shape index (κ1) is 15.8. The molecule has 6 nitrogen and oxygen atoms in total. The fraction of sp³-hybridized carbons (Fsp3) is 0.846. The standard InChI is InChI=1S/C13H25N3O3/c1-2-3-6-15-13(19)16-7-4-5-11(10-16)8-14-9-12(17)18/h11,14H,2-10H2,1H3,(H,15,19)(H,17,18). The summed E-state index contributed by atoms with van der Waals surface area (Å²) in [5.41, 5.74) is 0. The first-order chi connectivity index (χ1) is 9.13. The number of aliphatic carboxylic acids is 1. The number of likely N-dealkylation sites (tertiary alicyclic amines) is 1. The van der Waals surface area contributed by atoms with Crippen molar-refractivity contribution in [3.05, 3.63) is 0 Å². The predicted molar refractivity (Wildman–Crippen MR) is 73.1 cm³/mol. The van der Waals surface area contributed by atoms with E-state index in [0.717, 1.165) is 38.8 Å². The number of hydrogen-bond acceptors (Lipinski definition) is 3. The van der Waals surface area contributed by atoms with Crippen molar-refractivity contribution < 1.29 is 14.7 Å². The molecular formula is C13H25N3O3. The maximum atomic E-state index is 11.9. The number of hydrogen-bond donors (Lipinski definition) is 3. The number of carboxylic acid groups (broad SMARTS) is 1. The highest BCUT2D eigenvalue weighted by atomic mass is 16.4. The zero-order valence-electron chi connectivity index (χ0n) is 11.7. The normalized spacial score (nSPS) is 19.2. The molecule has 0 spiro atoms. The molecule has 0 bridgehead atoms. The second kappa shape index (κ2) is 8.74. The first-order valence-corrected chi connectivity index (χ1v) is 7.08. The minimum absolute atomic E-state index is 0.0105. The minimum atomic E-state index is -0.843. The molecule has 6 heteroatoms. The molecular weight excluding hydrogens is 246 g/mol. The van der Waals surface area contributed by atoms with E-state index in [1.165, 1.54) is 0 Å². The number of carboxylic acids is 1. The molecule has 0 radical (unpaired) electrons. The topological polar surface area (TPSA) is 81.7 Å². The molecule has 0 aromatic rings. The molecule has 1 fully saturated rings. The van der Waals surface area contributed by atoms with E-state index in [0.29, 0.717) is 19.0 Å². The van der Waals surface area contributed by atoms with Gasteiger partial charge < -0.3 is 20.6 Å². The summed E-state index contributed by atoms with van der Waals surface area (Å²) in [4.78, 5) is 24.2. The van der Waals surface area contributed by atoms with Crippen LogP contribution in [0.15, 0.2) is 0 Å². The van der Waals surface area contributed by atoms with Crippen LogP contribution in [-0.2, 0) is 4.79 Å². The van der Waals surface area contributed by atoms with Crippen molar-refractivity contribution in [3.8, 4) is 0 Å². The van der Waals surface area contributed by atoms with E-state index in [-0.39, 0.29) is 12.6 Å². The van der Waals surface area contributed by atoms with Crippen molar-refractivity contribution >= 4 is 12.0 Å². The predicted octanol–water partition coefficient (Wildman–Crippen LogP) is 0.882. The van der Waals surface area contributed by atoms with E-state index in [1.54, 1.807) is 0 Å². The smallest absolute Gasteiger partial charge is 0.317 e. The highest BCUT2D eigenvalue weighted by molar-refractivity contribution is 5.74. The molecule has 0 aliphatic carbocycles. The minimum Gasteiger partial charge on any atom is -0.480 e. The Morgan fingerprint density at radius 3 is 2.89 bits per heavy atom. The number of nitrogens with zero attached hydrogens (tertiary/aromatic N) is 1. The van der Waals surface area contributed by atoms with E-state index in [9.17, 15) is 9.59 Å². The molecule has 2 amide bonds. The van der Waals surface area contributed by atoms with Gasteiger partial charge in [0.05, 0.1) is 6.54 Å². The van der Waals surface area contributed by atoms with Crippen LogP contribution in [0.4, 0.5) is 4.79 Å². The van der Waals surface area contributed by atoms with Crippen LogP contribution in [0, 0.1) is 5.92 Å². The van der Waals surface area contributed by atoms with Gasteiger partial charge in [0, 0.05) is 26.2 Å². The quantitative estimate of drug-likeness (QED) is 0.600. The molecule has 1 unspecified atom stereocenters. The van der Waals surface area contributed by atoms with E-state index in [4.69, 9.17) is 5.11 Å². The van der Waals surface area contributed by atoms with Crippen molar-refractivity contribution in [2.24, 2.45) is 5.92 Å². The lowest BCUT2D eigenvalue weighted by molar-refractivity contribution is -0.136. The number of amides is 2. The summed E-state index contributed by atoms with van der Waals surface area (Å²) in [5.74, 6) is -0.491. The Bertz CT molecular complexity index is 297. The van der Waals surface area contributed by atoms with Gasteiger partial charge in [0.15, 0.2) is 0 Å². The summed E-state index contributed by atoms with van der Waals surface area (Å²) in [6, 6.07) is 0.0105. The van der Waals surface area contributed by atoms with Crippen molar-refractivity contribution in [1.29, 1.82) is 0 Å². The second-order valence-corrected chi connectivity index (χ2v) is 5.06. The molecule has 1 heterocycles. The van der Waals surface area contributed by atoms with Gasteiger partial charge in [0.1, 0.15) is 0 Å². The third-order valence-corrected chi connectivity index (χ3v) is 3.32. The average Bonchev–Trinajstić information content (AvgIpc) is 2.39. The molecule has 1 rings (SSSR count). The SMILES string of the molecule is CCCCNC(=O)N1CCCC(CNCC(=O)O)C1. The van der Waals surface area contributed by atoms with Crippen LogP contribution in [0.2, 0.25) is 0 Å². The molecule has 19 heavy (non-hydrogen) atoms. The van der Waals surface area contributed by atoms with Gasteiger partial charge in [0.2, 0.25) is 0 Å². The zero-order chi connectivity index (χ0) is 14.1. The molecule has 0 aromatic carbocycles. The van der Waals surface area contributed by atoms with Gasteiger partial charge in [-0.15, -0.1) is 0 Å². The second-order valence-electron chi connectivity index (χ2n) is 5.06.